The molecule has 0 fully saturated rings. The standard InChI is InChI=1S/C36H72NO8P/c1-6-8-10-12-14-16-18-20-22-24-26-28-35(38)41-32-34(33-43-46(40)45-42-31-30-37(3,4)5)44-36(39)29-27-25-23-21-19-17-15-13-11-9-7-2/h34H,6-33H2,1-5H3/q+2. The van der Waals surface area contributed by atoms with Crippen LogP contribution in [-0.4, -0.2) is 70.0 Å². The number of nitrogens with zero attached hydrogens (tertiary/aromatic N) is 1. The van der Waals surface area contributed by atoms with E-state index >= 15 is 0 Å². The molecule has 0 bridgehead atoms. The van der Waals surface area contributed by atoms with Crippen molar-refractivity contribution in [2.75, 3.05) is 47.5 Å². The number of quaternary nitrogens is 1. The Kier molecular flexibility index (Phi) is 31.6. The number of rotatable bonds is 35. The average molecular weight is 678 g/mol. The summed E-state index contributed by atoms with van der Waals surface area (Å²) in [5.41, 5.74) is 0. The van der Waals surface area contributed by atoms with E-state index in [1.165, 1.54) is 103 Å². The Morgan fingerprint density at radius 3 is 1.43 bits per heavy atom. The molecule has 10 heteroatoms. The molecular formula is C36H72NO8P+2. The maximum absolute atomic E-state index is 12.5. The molecule has 0 radical (unpaired) electrons. The molecule has 0 aliphatic heterocycles. The van der Waals surface area contributed by atoms with Gasteiger partial charge < -0.3 is 14.0 Å². The van der Waals surface area contributed by atoms with Gasteiger partial charge in [0.25, 0.3) is 0 Å². The lowest BCUT2D eigenvalue weighted by Gasteiger charge is -2.22. The fourth-order valence-corrected chi connectivity index (χ4v) is 5.53. The number of carbonyl (C=O) groups excluding carboxylic acids is 2. The number of unbranched alkanes of at least 4 members (excludes halogenated alkanes) is 20. The minimum Gasteiger partial charge on any atom is -0.462 e. The predicted molar refractivity (Wildman–Crippen MR) is 186 cm³/mol. The van der Waals surface area contributed by atoms with Gasteiger partial charge in [-0.25, -0.2) is 0 Å². The molecule has 9 nitrogen and oxygen atoms in total. The lowest BCUT2D eigenvalue weighted by atomic mass is 10.1. The summed E-state index contributed by atoms with van der Waals surface area (Å²) in [7, 11) is 3.45. The van der Waals surface area contributed by atoms with Gasteiger partial charge in [0.1, 0.15) is 26.4 Å². The summed E-state index contributed by atoms with van der Waals surface area (Å²) in [6.07, 6.45) is 26.2. The van der Waals surface area contributed by atoms with Crippen LogP contribution in [0, 0.1) is 0 Å². The average Bonchev–Trinajstić information content (AvgIpc) is 3.01. The zero-order valence-corrected chi connectivity index (χ0v) is 31.4. The van der Waals surface area contributed by atoms with E-state index < -0.39 is 14.4 Å². The number of esters is 2. The molecule has 0 aliphatic carbocycles. The molecule has 0 aliphatic rings. The molecule has 0 rings (SSSR count). The van der Waals surface area contributed by atoms with Gasteiger partial charge in [0.05, 0.1) is 25.8 Å². The van der Waals surface area contributed by atoms with Crippen LogP contribution in [0.4, 0.5) is 0 Å². The summed E-state index contributed by atoms with van der Waals surface area (Å²) in [6, 6.07) is 0. The van der Waals surface area contributed by atoms with Crippen LogP contribution < -0.4 is 0 Å². The van der Waals surface area contributed by atoms with E-state index in [2.05, 4.69) is 13.8 Å². The van der Waals surface area contributed by atoms with E-state index in [-0.39, 0.29) is 38.2 Å². The third-order valence-electron chi connectivity index (χ3n) is 8.02. The summed E-state index contributed by atoms with van der Waals surface area (Å²) >= 11 is 0. The molecule has 0 heterocycles. The highest BCUT2D eigenvalue weighted by Crippen LogP contribution is 2.25. The molecule has 0 aromatic rings. The minimum atomic E-state index is -2.57. The molecule has 2 atom stereocenters. The Labute approximate surface area is 283 Å². The van der Waals surface area contributed by atoms with Crippen molar-refractivity contribution in [1.29, 1.82) is 0 Å². The van der Waals surface area contributed by atoms with Crippen molar-refractivity contribution in [3.05, 3.63) is 0 Å². The van der Waals surface area contributed by atoms with Gasteiger partial charge in [-0.15, -0.1) is 4.52 Å². The van der Waals surface area contributed by atoms with Gasteiger partial charge in [-0.3, -0.25) is 9.59 Å². The summed E-state index contributed by atoms with van der Waals surface area (Å²) in [5.74, 6) is -0.701. The van der Waals surface area contributed by atoms with Crippen molar-refractivity contribution in [3.8, 4) is 0 Å². The van der Waals surface area contributed by atoms with E-state index in [1.807, 2.05) is 21.1 Å². The number of hydrogen-bond acceptors (Lipinski definition) is 8. The molecule has 0 N–H and O–H groups in total. The van der Waals surface area contributed by atoms with Gasteiger partial charge in [0.2, 0.25) is 0 Å². The first-order valence-electron chi connectivity index (χ1n) is 18.7. The second-order valence-electron chi connectivity index (χ2n) is 13.8. The van der Waals surface area contributed by atoms with Crippen molar-refractivity contribution < 1.29 is 42.2 Å². The van der Waals surface area contributed by atoms with Crippen LogP contribution in [0.5, 0.6) is 0 Å². The van der Waals surface area contributed by atoms with Gasteiger partial charge >= 0.3 is 20.2 Å². The fraction of sp³-hybridized carbons (Fsp3) is 0.944. The van der Waals surface area contributed by atoms with Crippen LogP contribution in [0.15, 0.2) is 0 Å². The first kappa shape index (κ1) is 44.9. The molecule has 0 aromatic heterocycles. The van der Waals surface area contributed by atoms with Crippen molar-refractivity contribution in [2.24, 2.45) is 0 Å². The van der Waals surface area contributed by atoms with E-state index in [4.69, 9.17) is 23.6 Å². The topological polar surface area (TPSA) is 97.4 Å². The highest BCUT2D eigenvalue weighted by Gasteiger charge is 2.28. The zero-order valence-electron chi connectivity index (χ0n) is 30.5. The summed E-state index contributed by atoms with van der Waals surface area (Å²) in [6.45, 7) is 5.03. The Hall–Kier alpha value is -1.12. The third-order valence-corrected chi connectivity index (χ3v) is 8.61. The highest BCUT2D eigenvalue weighted by molar-refractivity contribution is 7.33. The number of hydrogen-bond donors (Lipinski definition) is 0. The number of carbonyl (C=O) groups is 2. The Morgan fingerprint density at radius 2 is 1.00 bits per heavy atom. The molecular weight excluding hydrogens is 605 g/mol. The van der Waals surface area contributed by atoms with Gasteiger partial charge in [-0.2, -0.15) is 4.89 Å². The third kappa shape index (κ3) is 34.2. The van der Waals surface area contributed by atoms with Crippen molar-refractivity contribution >= 4 is 20.2 Å². The van der Waals surface area contributed by atoms with Gasteiger partial charge in [-0.05, 0) is 12.8 Å². The Morgan fingerprint density at radius 1 is 0.587 bits per heavy atom. The number of likely N-dealkylation sites (N-methyl/N-ethyl adjacent to an activating group) is 1. The van der Waals surface area contributed by atoms with Crippen molar-refractivity contribution in [2.45, 2.75) is 174 Å². The molecule has 0 saturated heterocycles. The van der Waals surface area contributed by atoms with E-state index in [1.54, 1.807) is 0 Å². The fourth-order valence-electron chi connectivity index (χ4n) is 5.04. The maximum Gasteiger partial charge on any atom is 0.728 e. The summed E-state index contributed by atoms with van der Waals surface area (Å²) in [4.78, 5) is 29.9. The molecule has 0 saturated carbocycles. The van der Waals surface area contributed by atoms with Crippen LogP contribution in [0.25, 0.3) is 0 Å². The predicted octanol–water partition coefficient (Wildman–Crippen LogP) is 10.2. The lowest BCUT2D eigenvalue weighted by Crippen LogP contribution is -2.37. The largest absolute Gasteiger partial charge is 0.728 e. The van der Waals surface area contributed by atoms with Crippen molar-refractivity contribution in [1.82, 2.24) is 0 Å². The van der Waals surface area contributed by atoms with Crippen LogP contribution in [0.1, 0.15) is 168 Å². The molecule has 0 spiro atoms. The molecule has 0 amide bonds. The number of ether oxygens (including phenoxy) is 2. The highest BCUT2D eigenvalue weighted by atomic mass is 31.1. The lowest BCUT2D eigenvalue weighted by molar-refractivity contribution is -0.871. The van der Waals surface area contributed by atoms with Crippen molar-refractivity contribution in [3.63, 3.8) is 0 Å². The zero-order chi connectivity index (χ0) is 34.1. The normalized spacial score (nSPS) is 12.7. The second-order valence-corrected chi connectivity index (χ2v) is 14.7. The Balaban J connectivity index is 4.33. The quantitative estimate of drug-likeness (QED) is 0.0163. The minimum absolute atomic E-state index is 0.146. The maximum atomic E-state index is 12.5. The summed E-state index contributed by atoms with van der Waals surface area (Å²) < 4.78 is 33.8. The molecule has 46 heavy (non-hydrogen) atoms. The molecule has 272 valence electrons. The molecule has 0 aromatic carbocycles. The monoisotopic (exact) mass is 677 g/mol. The first-order chi connectivity index (χ1) is 22.2. The van der Waals surface area contributed by atoms with E-state index in [9.17, 15) is 14.2 Å². The van der Waals surface area contributed by atoms with E-state index in [0.717, 1.165) is 38.5 Å². The summed E-state index contributed by atoms with van der Waals surface area (Å²) in [5, 5.41) is 0. The van der Waals surface area contributed by atoms with Gasteiger partial charge in [0.15, 0.2) is 6.10 Å². The van der Waals surface area contributed by atoms with Gasteiger partial charge in [0, 0.05) is 17.4 Å². The SMILES string of the molecule is CCCCCCCCCCCCCC(=O)OCC(CO[P+](=O)OOCC[N+](C)(C)C)OC(=O)CCCCCCCCCCCCC. The van der Waals surface area contributed by atoms with Crippen LogP contribution >= 0.6 is 8.25 Å². The van der Waals surface area contributed by atoms with Crippen LogP contribution in [0.3, 0.4) is 0 Å². The van der Waals surface area contributed by atoms with Gasteiger partial charge in [-0.1, -0.05) is 142 Å². The second kappa shape index (κ2) is 32.4. The van der Waals surface area contributed by atoms with Crippen LogP contribution in [0.2, 0.25) is 0 Å². The Bertz CT molecular complexity index is 731. The smallest absolute Gasteiger partial charge is 0.462 e. The first-order valence-corrected chi connectivity index (χ1v) is 19.8. The molecule has 2 unspecified atom stereocenters. The van der Waals surface area contributed by atoms with E-state index in [0.29, 0.717) is 17.4 Å². The van der Waals surface area contributed by atoms with Crippen LogP contribution in [-0.2, 0) is 37.7 Å².